The zero-order valence-corrected chi connectivity index (χ0v) is 17.2. The molecule has 0 unspecified atom stereocenters. The maximum absolute atomic E-state index is 13.0. The minimum atomic E-state index is -0.0408. The molecule has 0 bridgehead atoms. The molecular weight excluding hydrogens is 354 g/mol. The van der Waals surface area contributed by atoms with Crippen molar-refractivity contribution in [1.82, 2.24) is 14.9 Å². The summed E-state index contributed by atoms with van der Waals surface area (Å²) in [6.07, 6.45) is 0. The topological polar surface area (TPSA) is 70.6 Å². The Labute approximate surface area is 166 Å². The summed E-state index contributed by atoms with van der Waals surface area (Å²) >= 11 is 0. The van der Waals surface area contributed by atoms with E-state index in [0.717, 1.165) is 13.1 Å². The lowest BCUT2D eigenvalue weighted by atomic mass is 10.1. The van der Waals surface area contributed by atoms with Gasteiger partial charge in [0.05, 0.1) is 6.61 Å². The Kier molecular flexibility index (Phi) is 6.46. The van der Waals surface area contributed by atoms with E-state index in [4.69, 9.17) is 4.74 Å². The zero-order chi connectivity index (χ0) is 20.1. The van der Waals surface area contributed by atoms with Crippen LogP contribution in [0.5, 0.6) is 0 Å². The average molecular weight is 383 g/mol. The van der Waals surface area contributed by atoms with Gasteiger partial charge >= 0.3 is 0 Å². The van der Waals surface area contributed by atoms with Crippen molar-refractivity contribution < 1.29 is 9.53 Å². The third kappa shape index (κ3) is 4.59. The van der Waals surface area contributed by atoms with Gasteiger partial charge in [0.1, 0.15) is 17.3 Å². The number of aryl methyl sites for hydroxylation is 2. The number of methoxy groups -OCH3 is 1. The predicted molar refractivity (Wildman–Crippen MR) is 111 cm³/mol. The van der Waals surface area contributed by atoms with Gasteiger partial charge in [-0.1, -0.05) is 12.1 Å². The van der Waals surface area contributed by atoms with Crippen LogP contribution in [0.1, 0.15) is 27.4 Å². The fraction of sp³-hybridized carbons (Fsp3) is 0.476. The van der Waals surface area contributed by atoms with Gasteiger partial charge in [0.15, 0.2) is 0 Å². The molecular formula is C21H29N5O2. The molecule has 28 heavy (non-hydrogen) atoms. The second kappa shape index (κ2) is 9.01. The first-order valence-corrected chi connectivity index (χ1v) is 9.68. The van der Waals surface area contributed by atoms with E-state index >= 15 is 0 Å². The number of carbonyl (C=O) groups is 1. The van der Waals surface area contributed by atoms with Gasteiger partial charge in [-0.15, -0.1) is 0 Å². The minimum Gasteiger partial charge on any atom is -0.383 e. The van der Waals surface area contributed by atoms with Crippen molar-refractivity contribution in [2.45, 2.75) is 20.8 Å². The summed E-state index contributed by atoms with van der Waals surface area (Å²) in [4.78, 5) is 25.9. The van der Waals surface area contributed by atoms with Crippen molar-refractivity contribution in [3.05, 3.63) is 46.9 Å². The van der Waals surface area contributed by atoms with Gasteiger partial charge < -0.3 is 19.9 Å². The van der Waals surface area contributed by atoms with Gasteiger partial charge in [-0.2, -0.15) is 0 Å². The number of carbonyl (C=O) groups excluding carboxylic acids is 1. The summed E-state index contributed by atoms with van der Waals surface area (Å²) in [6, 6.07) is 8.11. The number of hydrogen-bond acceptors (Lipinski definition) is 6. The standard InChI is InChI=1S/C21H29N5O2/c1-15-6-5-7-19(16(15)2)25-9-11-26(12-10-25)21(27)18-14-20(22-8-13-28-4)24-17(3)23-18/h5-7,14H,8-13H2,1-4H3,(H,22,23,24). The number of aromatic nitrogens is 2. The molecule has 7 nitrogen and oxygen atoms in total. The SMILES string of the molecule is COCCNc1cc(C(=O)N2CCN(c3cccc(C)c3C)CC2)nc(C)n1. The Bertz CT molecular complexity index is 832. The lowest BCUT2D eigenvalue weighted by molar-refractivity contribution is 0.0740. The van der Waals surface area contributed by atoms with Gasteiger partial charge in [-0.05, 0) is 38.0 Å². The Morgan fingerprint density at radius 2 is 1.89 bits per heavy atom. The Balaban J connectivity index is 1.66. The highest BCUT2D eigenvalue weighted by atomic mass is 16.5. The predicted octanol–water partition coefficient (Wildman–Crippen LogP) is 2.42. The monoisotopic (exact) mass is 383 g/mol. The second-order valence-electron chi connectivity index (χ2n) is 7.10. The minimum absolute atomic E-state index is 0.0408. The normalized spacial score (nSPS) is 14.3. The smallest absolute Gasteiger partial charge is 0.272 e. The largest absolute Gasteiger partial charge is 0.383 e. The molecule has 1 aromatic heterocycles. The van der Waals surface area contributed by atoms with Crippen molar-refractivity contribution in [3.63, 3.8) is 0 Å². The summed E-state index contributed by atoms with van der Waals surface area (Å²) < 4.78 is 5.04. The number of hydrogen-bond donors (Lipinski definition) is 1. The van der Waals surface area contributed by atoms with Crippen LogP contribution >= 0.6 is 0 Å². The van der Waals surface area contributed by atoms with Crippen LogP contribution in [-0.4, -0.2) is 67.2 Å². The van der Waals surface area contributed by atoms with Crippen LogP contribution in [0, 0.1) is 20.8 Å². The maximum atomic E-state index is 13.0. The average Bonchev–Trinajstić information content (AvgIpc) is 2.69. The Hall–Kier alpha value is -2.67. The fourth-order valence-electron chi connectivity index (χ4n) is 3.44. The van der Waals surface area contributed by atoms with Gasteiger partial charge in [0.2, 0.25) is 0 Å². The number of anilines is 2. The number of benzene rings is 1. The molecule has 150 valence electrons. The molecule has 3 rings (SSSR count). The molecule has 1 N–H and O–H groups in total. The molecule has 2 heterocycles. The van der Waals surface area contributed by atoms with Crippen molar-refractivity contribution in [2.75, 3.05) is 56.7 Å². The molecule has 1 saturated heterocycles. The first-order valence-electron chi connectivity index (χ1n) is 9.68. The van der Waals surface area contributed by atoms with Crippen molar-refractivity contribution in [3.8, 4) is 0 Å². The Morgan fingerprint density at radius 3 is 2.61 bits per heavy atom. The first kappa shape index (κ1) is 20.1. The number of nitrogens with zero attached hydrogens (tertiary/aromatic N) is 4. The molecule has 0 spiro atoms. The molecule has 1 fully saturated rings. The van der Waals surface area contributed by atoms with E-state index in [0.29, 0.717) is 43.6 Å². The van der Waals surface area contributed by atoms with E-state index in [1.165, 1.54) is 16.8 Å². The lowest BCUT2D eigenvalue weighted by Crippen LogP contribution is -2.49. The maximum Gasteiger partial charge on any atom is 0.272 e. The third-order valence-corrected chi connectivity index (χ3v) is 5.15. The highest BCUT2D eigenvalue weighted by molar-refractivity contribution is 5.93. The number of amides is 1. The molecule has 2 aromatic rings. The van der Waals surface area contributed by atoms with E-state index in [9.17, 15) is 4.79 Å². The van der Waals surface area contributed by atoms with Gasteiger partial charge in [0, 0.05) is 51.6 Å². The highest BCUT2D eigenvalue weighted by Gasteiger charge is 2.24. The Morgan fingerprint density at radius 1 is 1.14 bits per heavy atom. The summed E-state index contributed by atoms with van der Waals surface area (Å²) in [6.45, 7) is 10.3. The van der Waals surface area contributed by atoms with Crippen LogP contribution in [0.15, 0.2) is 24.3 Å². The van der Waals surface area contributed by atoms with Crippen LogP contribution in [0.25, 0.3) is 0 Å². The lowest BCUT2D eigenvalue weighted by Gasteiger charge is -2.37. The molecule has 1 aromatic carbocycles. The van der Waals surface area contributed by atoms with Crippen LogP contribution < -0.4 is 10.2 Å². The number of nitrogens with one attached hydrogen (secondary N) is 1. The summed E-state index contributed by atoms with van der Waals surface area (Å²) in [5.41, 5.74) is 4.30. The van der Waals surface area contributed by atoms with Gasteiger partial charge in [-0.3, -0.25) is 4.79 Å². The quantitative estimate of drug-likeness (QED) is 0.773. The molecule has 1 aliphatic heterocycles. The van der Waals surface area contributed by atoms with E-state index in [1.807, 2.05) is 4.90 Å². The van der Waals surface area contributed by atoms with E-state index in [1.54, 1.807) is 20.1 Å². The molecule has 0 atom stereocenters. The molecule has 1 aliphatic rings. The first-order chi connectivity index (χ1) is 13.5. The van der Waals surface area contributed by atoms with Crippen molar-refractivity contribution in [2.24, 2.45) is 0 Å². The van der Waals surface area contributed by atoms with E-state index < -0.39 is 0 Å². The second-order valence-corrected chi connectivity index (χ2v) is 7.10. The van der Waals surface area contributed by atoms with Gasteiger partial charge in [0.25, 0.3) is 5.91 Å². The van der Waals surface area contributed by atoms with Crippen molar-refractivity contribution >= 4 is 17.4 Å². The molecule has 0 aliphatic carbocycles. The number of piperazine rings is 1. The number of rotatable bonds is 6. The fourth-order valence-corrected chi connectivity index (χ4v) is 3.44. The molecule has 0 radical (unpaired) electrons. The summed E-state index contributed by atoms with van der Waals surface area (Å²) in [5.74, 6) is 1.20. The number of ether oxygens (including phenoxy) is 1. The highest BCUT2D eigenvalue weighted by Crippen LogP contribution is 2.24. The van der Waals surface area contributed by atoms with Gasteiger partial charge in [-0.25, -0.2) is 9.97 Å². The van der Waals surface area contributed by atoms with E-state index in [-0.39, 0.29) is 5.91 Å². The zero-order valence-electron chi connectivity index (χ0n) is 17.2. The molecule has 1 amide bonds. The summed E-state index contributed by atoms with van der Waals surface area (Å²) in [7, 11) is 1.65. The van der Waals surface area contributed by atoms with Crippen molar-refractivity contribution in [1.29, 1.82) is 0 Å². The third-order valence-electron chi connectivity index (χ3n) is 5.15. The van der Waals surface area contributed by atoms with Crippen LogP contribution in [0.4, 0.5) is 11.5 Å². The van der Waals surface area contributed by atoms with Crippen LogP contribution in [0.3, 0.4) is 0 Å². The van der Waals surface area contributed by atoms with Crippen LogP contribution in [-0.2, 0) is 4.74 Å². The van der Waals surface area contributed by atoms with Crippen LogP contribution in [0.2, 0.25) is 0 Å². The summed E-state index contributed by atoms with van der Waals surface area (Å²) in [5, 5.41) is 3.17. The molecule has 0 saturated carbocycles. The molecule has 7 heteroatoms. The van der Waals surface area contributed by atoms with E-state index in [2.05, 4.69) is 52.2 Å².